The lowest BCUT2D eigenvalue weighted by molar-refractivity contribution is 1.18. The number of benzene rings is 6. The minimum atomic E-state index is 0.736. The predicted molar refractivity (Wildman–Crippen MR) is 193 cm³/mol. The van der Waals surface area contributed by atoms with Crippen LogP contribution in [0.1, 0.15) is 0 Å². The van der Waals surface area contributed by atoms with Gasteiger partial charge < -0.3 is 4.57 Å². The second-order valence-electron chi connectivity index (χ2n) is 11.4. The van der Waals surface area contributed by atoms with Gasteiger partial charge in [-0.2, -0.15) is 0 Å². The molecular weight excluding hydrogens is 587 g/mol. The molecule has 0 spiro atoms. The van der Waals surface area contributed by atoms with Gasteiger partial charge in [-0.25, -0.2) is 9.97 Å². The third-order valence-electron chi connectivity index (χ3n) is 8.81. The molecule has 4 aromatic heterocycles. The Labute approximate surface area is 266 Å². The first kappa shape index (κ1) is 25.0. The number of fused-ring (bicyclic) bond motifs is 10. The van der Waals surface area contributed by atoms with Crippen molar-refractivity contribution in [3.05, 3.63) is 140 Å². The van der Waals surface area contributed by atoms with Crippen molar-refractivity contribution in [3.8, 4) is 28.3 Å². The third-order valence-corrected chi connectivity index (χ3v) is 11.2. The number of para-hydroxylation sites is 1. The zero-order valence-corrected chi connectivity index (χ0v) is 25.6. The summed E-state index contributed by atoms with van der Waals surface area (Å²) in [6, 6.07) is 49.8. The van der Waals surface area contributed by atoms with Crippen molar-refractivity contribution < 1.29 is 0 Å². The molecule has 6 aromatic carbocycles. The minimum absolute atomic E-state index is 0.736. The molecule has 0 bridgehead atoms. The molecule has 0 aliphatic heterocycles. The molecule has 0 saturated heterocycles. The SMILES string of the molecule is c1ccc(-c2nc(-c3cccc(-n4c5ccccc5c5ccc6c7ccccc7sc6c54)c3)nc3c2sc2ccccc23)cc1. The molecule has 3 nitrogen and oxygen atoms in total. The van der Waals surface area contributed by atoms with Crippen molar-refractivity contribution in [3.63, 3.8) is 0 Å². The van der Waals surface area contributed by atoms with Crippen molar-refractivity contribution in [2.24, 2.45) is 0 Å². The van der Waals surface area contributed by atoms with E-state index >= 15 is 0 Å². The predicted octanol–water partition coefficient (Wildman–Crippen LogP) is 11.6. The van der Waals surface area contributed by atoms with Crippen LogP contribution in [0, 0.1) is 0 Å². The maximum Gasteiger partial charge on any atom is 0.160 e. The smallest absolute Gasteiger partial charge is 0.160 e. The zero-order chi connectivity index (χ0) is 29.5. The summed E-state index contributed by atoms with van der Waals surface area (Å²) in [5.74, 6) is 0.736. The van der Waals surface area contributed by atoms with E-state index in [1.165, 1.54) is 52.1 Å². The molecule has 0 unspecified atom stereocenters. The summed E-state index contributed by atoms with van der Waals surface area (Å²) < 4.78 is 7.40. The van der Waals surface area contributed by atoms with Crippen molar-refractivity contribution in [1.82, 2.24) is 14.5 Å². The van der Waals surface area contributed by atoms with Crippen LogP contribution in [-0.2, 0) is 0 Å². The average molecular weight is 610 g/mol. The summed E-state index contributed by atoms with van der Waals surface area (Å²) in [6.45, 7) is 0. The molecule has 0 atom stereocenters. The fourth-order valence-corrected chi connectivity index (χ4v) is 9.19. The molecule has 0 aliphatic carbocycles. The van der Waals surface area contributed by atoms with E-state index in [2.05, 4.69) is 144 Å². The largest absolute Gasteiger partial charge is 0.308 e. The molecule has 0 radical (unpaired) electrons. The summed E-state index contributed by atoms with van der Waals surface area (Å²) in [7, 11) is 0. The van der Waals surface area contributed by atoms with Crippen LogP contribution in [0.5, 0.6) is 0 Å². The van der Waals surface area contributed by atoms with Crippen LogP contribution in [0.2, 0.25) is 0 Å². The average Bonchev–Trinajstić information content (AvgIpc) is 3.78. The quantitative estimate of drug-likeness (QED) is 0.199. The molecule has 5 heteroatoms. The summed E-state index contributed by atoms with van der Waals surface area (Å²) in [5.41, 5.74) is 7.63. The van der Waals surface area contributed by atoms with Crippen LogP contribution in [0.15, 0.2) is 140 Å². The molecule has 0 aliphatic rings. The summed E-state index contributed by atoms with van der Waals surface area (Å²) in [4.78, 5) is 10.5. The van der Waals surface area contributed by atoms with Crippen molar-refractivity contribution >= 4 is 85.0 Å². The highest BCUT2D eigenvalue weighted by atomic mass is 32.1. The van der Waals surface area contributed by atoms with Gasteiger partial charge in [-0.05, 0) is 30.3 Å². The van der Waals surface area contributed by atoms with E-state index in [0.29, 0.717) is 0 Å². The van der Waals surface area contributed by atoms with Crippen LogP contribution < -0.4 is 0 Å². The van der Waals surface area contributed by atoms with E-state index in [1.807, 2.05) is 11.3 Å². The second kappa shape index (κ2) is 9.57. The van der Waals surface area contributed by atoms with Crippen LogP contribution in [0.3, 0.4) is 0 Å². The third kappa shape index (κ3) is 3.69. The highest BCUT2D eigenvalue weighted by Crippen LogP contribution is 2.44. The van der Waals surface area contributed by atoms with E-state index in [-0.39, 0.29) is 0 Å². The molecule has 45 heavy (non-hydrogen) atoms. The molecule has 0 amide bonds. The monoisotopic (exact) mass is 609 g/mol. The van der Waals surface area contributed by atoms with E-state index in [9.17, 15) is 0 Å². The maximum absolute atomic E-state index is 5.25. The van der Waals surface area contributed by atoms with Gasteiger partial charge in [0.25, 0.3) is 0 Å². The van der Waals surface area contributed by atoms with Gasteiger partial charge in [-0.3, -0.25) is 0 Å². The van der Waals surface area contributed by atoms with Gasteiger partial charge in [-0.1, -0.05) is 109 Å². The fraction of sp³-hybridized carbons (Fsp3) is 0. The molecule has 10 rings (SSSR count). The molecule has 0 N–H and O–H groups in total. The summed E-state index contributed by atoms with van der Waals surface area (Å²) in [5, 5.41) is 6.30. The van der Waals surface area contributed by atoms with Crippen molar-refractivity contribution in [2.45, 2.75) is 0 Å². The van der Waals surface area contributed by atoms with Crippen LogP contribution >= 0.6 is 22.7 Å². The van der Waals surface area contributed by atoms with Gasteiger partial charge in [-0.15, -0.1) is 22.7 Å². The molecule has 0 fully saturated rings. The van der Waals surface area contributed by atoms with Crippen molar-refractivity contribution in [2.75, 3.05) is 0 Å². The number of nitrogens with zero attached hydrogens (tertiary/aromatic N) is 3. The first-order valence-electron chi connectivity index (χ1n) is 15.0. The van der Waals surface area contributed by atoms with Crippen LogP contribution in [-0.4, -0.2) is 14.5 Å². The molecule has 0 saturated carbocycles. The van der Waals surface area contributed by atoms with Gasteiger partial charge in [0.05, 0.1) is 31.6 Å². The van der Waals surface area contributed by atoms with E-state index in [4.69, 9.17) is 9.97 Å². The molecule has 210 valence electrons. The molecule has 10 aromatic rings. The van der Waals surface area contributed by atoms with E-state index in [0.717, 1.165) is 38.5 Å². The maximum atomic E-state index is 5.25. The second-order valence-corrected chi connectivity index (χ2v) is 13.5. The zero-order valence-electron chi connectivity index (χ0n) is 23.9. The van der Waals surface area contributed by atoms with Gasteiger partial charge in [0, 0.05) is 53.1 Å². The van der Waals surface area contributed by atoms with Gasteiger partial charge in [0.1, 0.15) is 0 Å². The van der Waals surface area contributed by atoms with Gasteiger partial charge >= 0.3 is 0 Å². The number of aromatic nitrogens is 3. The normalized spacial score (nSPS) is 12.0. The number of hydrogen-bond donors (Lipinski definition) is 0. The Morgan fingerprint density at radius 3 is 2.00 bits per heavy atom. The molecular formula is C40H23N3S2. The highest BCUT2D eigenvalue weighted by molar-refractivity contribution is 7.27. The number of hydrogen-bond acceptors (Lipinski definition) is 4. The highest BCUT2D eigenvalue weighted by Gasteiger charge is 2.20. The van der Waals surface area contributed by atoms with Crippen LogP contribution in [0.25, 0.3) is 90.6 Å². The Balaban J connectivity index is 1.26. The Kier molecular flexibility index (Phi) is 5.32. The topological polar surface area (TPSA) is 30.7 Å². The van der Waals surface area contributed by atoms with Gasteiger partial charge in [0.15, 0.2) is 5.82 Å². The lowest BCUT2D eigenvalue weighted by atomic mass is 10.1. The Bertz CT molecular complexity index is 2770. The summed E-state index contributed by atoms with van der Waals surface area (Å²) in [6.07, 6.45) is 0. The Morgan fingerprint density at radius 2 is 1.13 bits per heavy atom. The lowest BCUT2D eigenvalue weighted by Gasteiger charge is -2.11. The Hall–Kier alpha value is -5.36. The van der Waals surface area contributed by atoms with Gasteiger partial charge in [0.2, 0.25) is 0 Å². The standard InChI is InChI=1S/C40H23N3S2/c1-2-11-24(12-3-1)35-39-36(31-17-6-9-20-34(31)45-39)42-40(41-35)25-13-10-14-26(23-25)43-32-18-7-4-15-27(32)29-21-22-30-28-16-5-8-19-33(28)44-38(30)37(29)43/h1-23H. The number of rotatable bonds is 3. The van der Waals surface area contributed by atoms with Crippen molar-refractivity contribution in [1.29, 1.82) is 0 Å². The van der Waals surface area contributed by atoms with E-state index < -0.39 is 0 Å². The minimum Gasteiger partial charge on any atom is -0.308 e. The number of thiophene rings is 2. The molecule has 4 heterocycles. The summed E-state index contributed by atoms with van der Waals surface area (Å²) >= 11 is 3.64. The lowest BCUT2D eigenvalue weighted by Crippen LogP contribution is -1.97. The Morgan fingerprint density at radius 1 is 0.467 bits per heavy atom. The fourth-order valence-electron chi connectivity index (χ4n) is 6.79. The van der Waals surface area contributed by atoms with Crippen LogP contribution in [0.4, 0.5) is 0 Å². The van der Waals surface area contributed by atoms with E-state index in [1.54, 1.807) is 11.3 Å². The first-order chi connectivity index (χ1) is 22.3. The first-order valence-corrected chi connectivity index (χ1v) is 16.6.